The summed E-state index contributed by atoms with van der Waals surface area (Å²) in [5.74, 6) is 2.24. The molecule has 33 heavy (non-hydrogen) atoms. The number of halogens is 2. The summed E-state index contributed by atoms with van der Waals surface area (Å²) in [7, 11) is -2.08. The largest absolute Gasteiger partial charge is 0.320 e. The van der Waals surface area contributed by atoms with Crippen LogP contribution >= 0.6 is 11.6 Å². The van der Waals surface area contributed by atoms with Crippen LogP contribution in [0.4, 0.5) is 10.1 Å². The second kappa shape index (κ2) is 10.1. The molecule has 6 heteroatoms. The molecule has 1 heterocycles. The minimum absolute atomic E-state index is 0.0379. The van der Waals surface area contributed by atoms with E-state index in [-0.39, 0.29) is 10.6 Å². The normalized spacial score (nSPS) is 11.7. The average molecular weight is 481 g/mol. The van der Waals surface area contributed by atoms with Gasteiger partial charge in [-0.25, -0.2) is 4.39 Å². The maximum Gasteiger partial charge on any atom is 0.258 e. The van der Waals surface area contributed by atoms with Gasteiger partial charge in [0.1, 0.15) is 13.9 Å². The minimum atomic E-state index is -2.08. The van der Waals surface area contributed by atoms with E-state index in [4.69, 9.17) is 11.6 Å². The SMILES string of the molecule is CC(C)[Si](C#Cc1cc(F)cc(Cl)c1C(=O)Nc1cccc2cccnc12)(C(C)C)C(C)C. The summed E-state index contributed by atoms with van der Waals surface area (Å²) >= 11 is 6.38. The van der Waals surface area contributed by atoms with Gasteiger partial charge in [0.25, 0.3) is 5.91 Å². The topological polar surface area (TPSA) is 42.0 Å². The first kappa shape index (κ1) is 24.9. The first-order valence-electron chi connectivity index (χ1n) is 11.2. The van der Waals surface area contributed by atoms with Gasteiger partial charge in [0.2, 0.25) is 0 Å². The van der Waals surface area contributed by atoms with Crippen LogP contribution in [0, 0.1) is 17.3 Å². The van der Waals surface area contributed by atoms with Gasteiger partial charge in [0.15, 0.2) is 0 Å². The van der Waals surface area contributed by atoms with Crippen molar-refractivity contribution in [2.75, 3.05) is 5.32 Å². The standard InChI is InChI=1S/C27H30ClFN2OSi/c1-17(2)33(18(3)4,19(5)6)14-12-21-15-22(29)16-23(28)25(21)27(32)31-24-11-7-9-20-10-8-13-30-26(20)24/h7-11,13,15-19H,1-6H3,(H,31,32). The van der Waals surface area contributed by atoms with Crippen LogP contribution in [0.2, 0.25) is 21.6 Å². The minimum Gasteiger partial charge on any atom is -0.320 e. The number of rotatable bonds is 5. The molecule has 0 unspecified atom stereocenters. The molecule has 0 aliphatic rings. The molecule has 0 fully saturated rings. The van der Waals surface area contributed by atoms with Gasteiger partial charge < -0.3 is 5.32 Å². The molecule has 0 bridgehead atoms. The number of anilines is 1. The number of hydrogen-bond donors (Lipinski definition) is 1. The third-order valence-electron chi connectivity index (χ3n) is 6.44. The van der Waals surface area contributed by atoms with Crippen LogP contribution in [0.15, 0.2) is 48.7 Å². The number of nitrogens with zero attached hydrogens (tertiary/aromatic N) is 1. The Morgan fingerprint density at radius 3 is 2.30 bits per heavy atom. The molecule has 0 radical (unpaired) electrons. The molecule has 0 spiro atoms. The van der Waals surface area contributed by atoms with Gasteiger partial charge in [-0.1, -0.05) is 77.3 Å². The van der Waals surface area contributed by atoms with E-state index < -0.39 is 19.8 Å². The van der Waals surface area contributed by atoms with Gasteiger partial charge in [-0.05, 0) is 40.9 Å². The lowest BCUT2D eigenvalue weighted by Crippen LogP contribution is -2.43. The van der Waals surface area contributed by atoms with Crippen LogP contribution in [0.1, 0.15) is 57.5 Å². The molecule has 3 nitrogen and oxygen atoms in total. The Balaban J connectivity index is 2.10. The summed E-state index contributed by atoms with van der Waals surface area (Å²) in [6.45, 7) is 13.3. The fourth-order valence-corrected chi connectivity index (χ4v) is 10.4. The van der Waals surface area contributed by atoms with Gasteiger partial charge in [0, 0.05) is 17.1 Å². The molecule has 0 saturated heterocycles. The lowest BCUT2D eigenvalue weighted by Gasteiger charge is -2.38. The van der Waals surface area contributed by atoms with Crippen LogP contribution in [0.5, 0.6) is 0 Å². The molecule has 1 amide bonds. The van der Waals surface area contributed by atoms with E-state index in [2.05, 4.69) is 63.3 Å². The van der Waals surface area contributed by atoms with E-state index in [0.717, 1.165) is 11.5 Å². The fourth-order valence-electron chi connectivity index (χ4n) is 4.90. The molecule has 3 rings (SSSR count). The zero-order valence-corrected chi connectivity index (χ0v) is 21.7. The summed E-state index contributed by atoms with van der Waals surface area (Å²) < 4.78 is 14.3. The number of carbonyl (C=O) groups excluding carboxylic acids is 1. The number of hydrogen-bond acceptors (Lipinski definition) is 2. The number of amides is 1. The maximum absolute atomic E-state index is 14.3. The molecular formula is C27H30ClFN2OSi. The number of pyridine rings is 1. The smallest absolute Gasteiger partial charge is 0.258 e. The Kier molecular flexibility index (Phi) is 7.61. The van der Waals surface area contributed by atoms with Crippen LogP contribution in [0.25, 0.3) is 10.9 Å². The molecule has 1 aromatic heterocycles. The predicted molar refractivity (Wildman–Crippen MR) is 139 cm³/mol. The lowest BCUT2D eigenvalue weighted by atomic mass is 10.1. The van der Waals surface area contributed by atoms with Crippen molar-refractivity contribution in [3.8, 4) is 11.5 Å². The fraction of sp³-hybridized carbons (Fsp3) is 0.333. The van der Waals surface area contributed by atoms with Crippen LogP contribution < -0.4 is 5.32 Å². The van der Waals surface area contributed by atoms with Crippen molar-refractivity contribution in [3.63, 3.8) is 0 Å². The number of para-hydroxylation sites is 1. The Labute approximate surface area is 201 Å². The van der Waals surface area contributed by atoms with Gasteiger partial charge in [0.05, 0.1) is 21.8 Å². The van der Waals surface area contributed by atoms with Crippen molar-refractivity contribution in [2.24, 2.45) is 0 Å². The Morgan fingerprint density at radius 1 is 1.03 bits per heavy atom. The summed E-state index contributed by atoms with van der Waals surface area (Å²) in [6.07, 6.45) is 1.67. The highest BCUT2D eigenvalue weighted by atomic mass is 35.5. The summed E-state index contributed by atoms with van der Waals surface area (Å²) in [4.78, 5) is 17.7. The summed E-state index contributed by atoms with van der Waals surface area (Å²) in [5.41, 5.74) is 6.52. The quantitative estimate of drug-likeness (QED) is 0.298. The van der Waals surface area contributed by atoms with Gasteiger partial charge in [-0.15, -0.1) is 5.54 Å². The van der Waals surface area contributed by atoms with Gasteiger partial charge in [-0.2, -0.15) is 0 Å². The highest BCUT2D eigenvalue weighted by molar-refractivity contribution is 6.90. The van der Waals surface area contributed by atoms with Crippen molar-refractivity contribution < 1.29 is 9.18 Å². The number of aromatic nitrogens is 1. The third-order valence-corrected chi connectivity index (χ3v) is 13.0. The zero-order chi connectivity index (χ0) is 24.3. The lowest BCUT2D eigenvalue weighted by molar-refractivity contribution is 0.102. The average Bonchev–Trinajstić information content (AvgIpc) is 2.73. The number of nitrogens with one attached hydrogen (secondary N) is 1. The Bertz CT molecular complexity index is 1220. The van der Waals surface area contributed by atoms with Crippen LogP contribution in [-0.2, 0) is 0 Å². The van der Waals surface area contributed by atoms with E-state index >= 15 is 0 Å². The number of carbonyl (C=O) groups is 1. The molecule has 3 aromatic rings. The summed E-state index contributed by atoms with van der Waals surface area (Å²) in [5, 5.41) is 3.85. The van der Waals surface area contributed by atoms with Crippen LogP contribution in [-0.4, -0.2) is 19.0 Å². The molecule has 0 aliphatic heterocycles. The van der Waals surface area contributed by atoms with E-state index in [0.29, 0.717) is 33.4 Å². The molecule has 0 saturated carbocycles. The van der Waals surface area contributed by atoms with E-state index in [1.54, 1.807) is 12.3 Å². The maximum atomic E-state index is 14.3. The summed E-state index contributed by atoms with van der Waals surface area (Å²) in [6, 6.07) is 11.8. The predicted octanol–water partition coefficient (Wildman–Crippen LogP) is 7.85. The number of fused-ring (bicyclic) bond motifs is 1. The van der Waals surface area contributed by atoms with E-state index in [1.165, 1.54) is 6.07 Å². The molecular weight excluding hydrogens is 451 g/mol. The Morgan fingerprint density at radius 2 is 1.67 bits per heavy atom. The second-order valence-corrected chi connectivity index (χ2v) is 15.3. The van der Waals surface area contributed by atoms with Crippen molar-refractivity contribution in [1.29, 1.82) is 0 Å². The number of benzene rings is 2. The van der Waals surface area contributed by atoms with E-state index in [1.807, 2.05) is 24.3 Å². The van der Waals surface area contributed by atoms with E-state index in [9.17, 15) is 9.18 Å². The second-order valence-electron chi connectivity index (χ2n) is 9.29. The van der Waals surface area contributed by atoms with Crippen molar-refractivity contribution in [3.05, 3.63) is 70.6 Å². The highest BCUT2D eigenvalue weighted by Gasteiger charge is 2.41. The molecule has 1 N–H and O–H groups in total. The molecule has 0 atom stereocenters. The van der Waals surface area contributed by atoms with Crippen molar-refractivity contribution >= 4 is 42.2 Å². The monoisotopic (exact) mass is 480 g/mol. The van der Waals surface area contributed by atoms with Crippen LogP contribution in [0.3, 0.4) is 0 Å². The molecule has 172 valence electrons. The highest BCUT2D eigenvalue weighted by Crippen LogP contribution is 2.41. The van der Waals surface area contributed by atoms with Gasteiger partial charge >= 0.3 is 0 Å². The van der Waals surface area contributed by atoms with Crippen molar-refractivity contribution in [2.45, 2.75) is 58.2 Å². The first-order chi connectivity index (χ1) is 15.6. The van der Waals surface area contributed by atoms with Gasteiger partial charge in [-0.3, -0.25) is 9.78 Å². The zero-order valence-electron chi connectivity index (χ0n) is 20.0. The molecule has 0 aliphatic carbocycles. The van der Waals surface area contributed by atoms with Crippen molar-refractivity contribution in [1.82, 2.24) is 4.98 Å². The molecule has 2 aromatic carbocycles. The first-order valence-corrected chi connectivity index (χ1v) is 13.9. The Hall–Kier alpha value is -2.68. The third kappa shape index (κ3) is 4.97.